The summed E-state index contributed by atoms with van der Waals surface area (Å²) in [6.07, 6.45) is 1.76. The molecule has 0 aliphatic carbocycles. The number of halogens is 1. The Morgan fingerprint density at radius 3 is 2.62 bits per heavy atom. The molecular weight excluding hydrogens is 333 g/mol. The Kier molecular flexibility index (Phi) is 4.81. The lowest BCUT2D eigenvalue weighted by molar-refractivity contribution is -0.128. The molecule has 3 aromatic rings. The maximum absolute atomic E-state index is 13.7. The van der Waals surface area contributed by atoms with E-state index in [1.807, 2.05) is 42.1 Å². The van der Waals surface area contributed by atoms with Gasteiger partial charge in [0.25, 0.3) is 0 Å². The summed E-state index contributed by atoms with van der Waals surface area (Å²) in [6.45, 7) is 0. The van der Waals surface area contributed by atoms with Crippen molar-refractivity contribution in [1.82, 2.24) is 4.57 Å². The van der Waals surface area contributed by atoms with Crippen LogP contribution >= 0.6 is 0 Å². The van der Waals surface area contributed by atoms with Crippen LogP contribution in [0.3, 0.4) is 0 Å². The highest BCUT2D eigenvalue weighted by molar-refractivity contribution is 6.10. The number of ketones is 1. The summed E-state index contributed by atoms with van der Waals surface area (Å²) < 4.78 is 15.5. The number of nitrogens with one attached hydrogen (secondary N) is 1. The van der Waals surface area contributed by atoms with Crippen molar-refractivity contribution in [3.8, 4) is 6.07 Å². The van der Waals surface area contributed by atoms with Crippen LogP contribution in [0.25, 0.3) is 10.9 Å². The lowest BCUT2D eigenvalue weighted by atomic mass is 9.98. The maximum Gasteiger partial charge on any atom is 0.249 e. The fourth-order valence-electron chi connectivity index (χ4n) is 2.90. The molecule has 0 spiro atoms. The van der Waals surface area contributed by atoms with E-state index in [0.29, 0.717) is 0 Å². The van der Waals surface area contributed by atoms with Crippen molar-refractivity contribution in [2.75, 3.05) is 5.32 Å². The molecule has 0 unspecified atom stereocenters. The van der Waals surface area contributed by atoms with Gasteiger partial charge in [-0.3, -0.25) is 9.59 Å². The number of para-hydroxylation sites is 2. The quantitative estimate of drug-likeness (QED) is 0.719. The predicted molar refractivity (Wildman–Crippen MR) is 95.8 cm³/mol. The molecule has 3 rings (SSSR count). The van der Waals surface area contributed by atoms with E-state index in [0.717, 1.165) is 16.5 Å². The van der Waals surface area contributed by atoms with Gasteiger partial charge in [0, 0.05) is 30.6 Å². The van der Waals surface area contributed by atoms with Crippen LogP contribution in [0.5, 0.6) is 0 Å². The predicted octanol–water partition coefficient (Wildman–Crippen LogP) is 3.21. The Morgan fingerprint density at radius 2 is 1.88 bits per heavy atom. The number of aryl methyl sites for hydroxylation is 1. The first-order valence-electron chi connectivity index (χ1n) is 8.02. The molecule has 1 heterocycles. The molecule has 5 nitrogen and oxygen atoms in total. The van der Waals surface area contributed by atoms with Gasteiger partial charge in [0.15, 0.2) is 11.7 Å². The summed E-state index contributed by atoms with van der Waals surface area (Å²) in [5.74, 6) is -3.49. The highest BCUT2D eigenvalue weighted by Gasteiger charge is 2.27. The molecule has 2 aromatic carbocycles. The molecule has 0 bridgehead atoms. The third-order valence-corrected chi connectivity index (χ3v) is 4.19. The minimum absolute atomic E-state index is 0.0513. The third-order valence-electron chi connectivity index (χ3n) is 4.19. The fourth-order valence-corrected chi connectivity index (χ4v) is 2.90. The number of anilines is 1. The minimum atomic E-state index is -1.51. The van der Waals surface area contributed by atoms with E-state index in [4.69, 9.17) is 0 Å². The van der Waals surface area contributed by atoms with Crippen LogP contribution in [0.2, 0.25) is 0 Å². The number of Topliss-reactive ketones (excluding diaryl/α,β-unsaturated/α-hetero) is 1. The number of fused-ring (bicyclic) bond motifs is 1. The zero-order valence-corrected chi connectivity index (χ0v) is 14.1. The average molecular weight is 349 g/mol. The molecule has 0 saturated heterocycles. The molecule has 0 aliphatic rings. The van der Waals surface area contributed by atoms with Gasteiger partial charge in [-0.15, -0.1) is 0 Å². The number of hydrogen-bond donors (Lipinski definition) is 1. The van der Waals surface area contributed by atoms with Crippen molar-refractivity contribution in [2.24, 2.45) is 13.0 Å². The van der Waals surface area contributed by atoms with Gasteiger partial charge in [0.05, 0.1) is 11.8 Å². The van der Waals surface area contributed by atoms with Crippen LogP contribution in [0.15, 0.2) is 54.7 Å². The lowest BCUT2D eigenvalue weighted by Crippen LogP contribution is -2.30. The molecule has 1 atom stereocenters. The summed E-state index contributed by atoms with van der Waals surface area (Å²) in [4.78, 5) is 24.8. The standard InChI is InChI=1S/C20H16FN3O2/c1-24-12-13(14-6-2-5-9-18(14)24)10-19(25)15(11-22)20(26)23-17-8-4-3-7-16(17)21/h2-9,12,15H,10H2,1H3,(H,23,26)/t15-/m1/s1. The first kappa shape index (κ1) is 17.4. The monoisotopic (exact) mass is 349 g/mol. The average Bonchev–Trinajstić information content (AvgIpc) is 2.94. The van der Waals surface area contributed by atoms with E-state index >= 15 is 0 Å². The zero-order chi connectivity index (χ0) is 18.7. The van der Waals surface area contributed by atoms with Gasteiger partial charge in [0.2, 0.25) is 5.91 Å². The van der Waals surface area contributed by atoms with Gasteiger partial charge in [-0.25, -0.2) is 4.39 Å². The second-order valence-electron chi connectivity index (χ2n) is 5.96. The molecule has 130 valence electrons. The molecule has 1 aromatic heterocycles. The molecular formula is C20H16FN3O2. The molecule has 0 fully saturated rings. The van der Waals surface area contributed by atoms with Crippen molar-refractivity contribution in [1.29, 1.82) is 5.26 Å². The van der Waals surface area contributed by atoms with Crippen LogP contribution in [0.4, 0.5) is 10.1 Å². The largest absolute Gasteiger partial charge is 0.350 e. The maximum atomic E-state index is 13.7. The van der Waals surface area contributed by atoms with Gasteiger partial charge in [0.1, 0.15) is 5.82 Å². The van der Waals surface area contributed by atoms with Crippen molar-refractivity contribution in [3.63, 3.8) is 0 Å². The van der Waals surface area contributed by atoms with Gasteiger partial charge >= 0.3 is 0 Å². The van der Waals surface area contributed by atoms with Crippen LogP contribution in [-0.2, 0) is 23.1 Å². The number of carbonyl (C=O) groups is 2. The molecule has 1 amide bonds. The smallest absolute Gasteiger partial charge is 0.249 e. The van der Waals surface area contributed by atoms with E-state index in [-0.39, 0.29) is 12.1 Å². The lowest BCUT2D eigenvalue weighted by Gasteiger charge is -2.10. The van der Waals surface area contributed by atoms with E-state index in [2.05, 4.69) is 5.32 Å². The summed E-state index contributed by atoms with van der Waals surface area (Å²) >= 11 is 0. The number of nitrogens with zero attached hydrogens (tertiary/aromatic N) is 2. The van der Waals surface area contributed by atoms with Gasteiger partial charge in [-0.05, 0) is 23.8 Å². The number of aromatic nitrogens is 1. The van der Waals surface area contributed by atoms with E-state index in [1.54, 1.807) is 12.1 Å². The third kappa shape index (κ3) is 3.33. The summed E-state index contributed by atoms with van der Waals surface area (Å²) in [6, 6.07) is 14.9. The minimum Gasteiger partial charge on any atom is -0.350 e. The molecule has 0 radical (unpaired) electrons. The van der Waals surface area contributed by atoms with Crippen molar-refractivity contribution in [3.05, 3.63) is 66.1 Å². The fraction of sp³-hybridized carbons (Fsp3) is 0.150. The van der Waals surface area contributed by atoms with Crippen LogP contribution in [0.1, 0.15) is 5.56 Å². The number of benzene rings is 2. The number of carbonyl (C=O) groups excluding carboxylic acids is 2. The van der Waals surface area contributed by atoms with E-state index < -0.39 is 23.4 Å². The Balaban J connectivity index is 1.79. The van der Waals surface area contributed by atoms with Gasteiger partial charge < -0.3 is 9.88 Å². The van der Waals surface area contributed by atoms with Crippen molar-refractivity contribution >= 4 is 28.3 Å². The number of amides is 1. The Labute approximate surface area is 149 Å². The number of hydrogen-bond acceptors (Lipinski definition) is 3. The normalized spacial score (nSPS) is 11.7. The topological polar surface area (TPSA) is 74.9 Å². The first-order valence-corrected chi connectivity index (χ1v) is 8.02. The second kappa shape index (κ2) is 7.19. The SMILES string of the molecule is Cn1cc(CC(=O)[C@@H](C#N)C(=O)Nc2ccccc2F)c2ccccc21. The number of rotatable bonds is 5. The zero-order valence-electron chi connectivity index (χ0n) is 14.1. The Bertz CT molecular complexity index is 1030. The van der Waals surface area contributed by atoms with Gasteiger partial charge in [-0.2, -0.15) is 5.26 Å². The highest BCUT2D eigenvalue weighted by atomic mass is 19.1. The molecule has 6 heteroatoms. The van der Waals surface area contributed by atoms with Crippen LogP contribution < -0.4 is 5.32 Å². The van der Waals surface area contributed by atoms with Crippen molar-refractivity contribution < 1.29 is 14.0 Å². The highest BCUT2D eigenvalue weighted by Crippen LogP contribution is 2.22. The molecule has 26 heavy (non-hydrogen) atoms. The van der Waals surface area contributed by atoms with Crippen LogP contribution in [0, 0.1) is 23.1 Å². The molecule has 0 aliphatic heterocycles. The summed E-state index contributed by atoms with van der Waals surface area (Å²) in [5, 5.41) is 12.5. The van der Waals surface area contributed by atoms with Crippen LogP contribution in [-0.4, -0.2) is 16.3 Å². The second-order valence-corrected chi connectivity index (χ2v) is 5.96. The van der Waals surface area contributed by atoms with Crippen molar-refractivity contribution in [2.45, 2.75) is 6.42 Å². The molecule has 1 N–H and O–H groups in total. The molecule has 0 saturated carbocycles. The first-order chi connectivity index (χ1) is 12.5. The van der Waals surface area contributed by atoms with E-state index in [1.165, 1.54) is 18.2 Å². The summed E-state index contributed by atoms with van der Waals surface area (Å²) in [5.41, 5.74) is 1.64. The summed E-state index contributed by atoms with van der Waals surface area (Å²) in [7, 11) is 1.86. The van der Waals surface area contributed by atoms with E-state index in [9.17, 15) is 19.2 Å². The Hall–Kier alpha value is -3.46. The van der Waals surface area contributed by atoms with Gasteiger partial charge in [-0.1, -0.05) is 30.3 Å². The Morgan fingerprint density at radius 1 is 1.19 bits per heavy atom. The number of nitriles is 1.